The fourth-order valence-corrected chi connectivity index (χ4v) is 3.64. The van der Waals surface area contributed by atoms with Crippen molar-refractivity contribution in [3.63, 3.8) is 0 Å². The van der Waals surface area contributed by atoms with Crippen LogP contribution >= 0.6 is 11.6 Å². The van der Waals surface area contributed by atoms with Crippen LogP contribution in [0.15, 0.2) is 0 Å². The third-order valence-electron chi connectivity index (χ3n) is 2.84. The summed E-state index contributed by atoms with van der Waals surface area (Å²) < 4.78 is 29.8. The van der Waals surface area contributed by atoms with Gasteiger partial charge in [-0.3, -0.25) is 0 Å². The van der Waals surface area contributed by atoms with E-state index in [1.54, 1.807) is 0 Å². The normalized spacial score (nSPS) is 20.9. The van der Waals surface area contributed by atoms with Crippen molar-refractivity contribution in [1.82, 2.24) is 9.62 Å². The van der Waals surface area contributed by atoms with E-state index in [0.717, 1.165) is 0 Å². The zero-order chi connectivity index (χ0) is 13.6. The second-order valence-electron chi connectivity index (χ2n) is 4.19. The van der Waals surface area contributed by atoms with Crippen molar-refractivity contribution in [2.75, 3.05) is 31.8 Å². The highest BCUT2D eigenvalue weighted by Gasteiger charge is 2.31. The van der Waals surface area contributed by atoms with Crippen LogP contribution in [0.5, 0.6) is 0 Å². The minimum atomic E-state index is -3.23. The summed E-state index contributed by atoms with van der Waals surface area (Å²) in [5.74, 6) is 0.590. The van der Waals surface area contributed by atoms with E-state index < -0.39 is 16.1 Å². The molecule has 0 aromatic carbocycles. The number of halogens is 1. The van der Waals surface area contributed by atoms with Gasteiger partial charge in [0.25, 0.3) is 0 Å². The van der Waals surface area contributed by atoms with Crippen LogP contribution in [-0.2, 0) is 14.8 Å². The number of sulfonamides is 1. The van der Waals surface area contributed by atoms with E-state index in [4.69, 9.17) is 11.6 Å². The fraction of sp³-hybridized carbons (Fsp3) is 0.900. The smallest absolute Gasteiger partial charge is 0.407 e. The summed E-state index contributed by atoms with van der Waals surface area (Å²) >= 11 is 5.52. The van der Waals surface area contributed by atoms with E-state index in [2.05, 4.69) is 10.1 Å². The number of carbonyl (C=O) groups is 1. The maximum atomic E-state index is 11.9. The SMILES string of the molecule is COC(=O)NC1CCN(S(=O)(=O)CCCCCl)C1. The number of methoxy groups -OCH3 is 1. The van der Waals surface area contributed by atoms with Crippen LogP contribution in [0, 0.1) is 0 Å². The molecule has 6 nitrogen and oxygen atoms in total. The summed E-state index contributed by atoms with van der Waals surface area (Å²) in [4.78, 5) is 11.0. The number of alkyl carbamates (subject to hydrolysis) is 1. The molecule has 1 unspecified atom stereocenters. The first-order valence-corrected chi connectivity index (χ1v) is 8.02. The predicted octanol–water partition coefficient (Wildman–Crippen LogP) is 0.766. The van der Waals surface area contributed by atoms with E-state index >= 15 is 0 Å². The Morgan fingerprint density at radius 1 is 1.50 bits per heavy atom. The van der Waals surface area contributed by atoms with Crippen molar-refractivity contribution in [2.45, 2.75) is 25.3 Å². The molecule has 0 spiro atoms. The standard InChI is InChI=1S/C10H19ClN2O4S/c1-17-10(14)12-9-4-6-13(8-9)18(15,16)7-3-2-5-11/h9H,2-8H2,1H3,(H,12,14). The number of alkyl halides is 1. The Morgan fingerprint density at radius 2 is 2.22 bits per heavy atom. The first-order chi connectivity index (χ1) is 8.49. The minimum absolute atomic E-state index is 0.116. The van der Waals surface area contributed by atoms with E-state index in [9.17, 15) is 13.2 Å². The van der Waals surface area contributed by atoms with Crippen molar-refractivity contribution in [3.05, 3.63) is 0 Å². The third kappa shape index (κ3) is 4.62. The molecule has 1 atom stereocenters. The van der Waals surface area contributed by atoms with Gasteiger partial charge in [-0.15, -0.1) is 11.6 Å². The third-order valence-corrected chi connectivity index (χ3v) is 5.03. The molecule has 0 aromatic heterocycles. The lowest BCUT2D eigenvalue weighted by molar-refractivity contribution is 0.167. The Hall–Kier alpha value is -0.530. The Labute approximate surface area is 113 Å². The first-order valence-electron chi connectivity index (χ1n) is 5.88. The molecule has 0 aliphatic carbocycles. The molecule has 8 heteroatoms. The van der Waals surface area contributed by atoms with Gasteiger partial charge in [0.2, 0.25) is 10.0 Å². The van der Waals surface area contributed by atoms with Crippen LogP contribution in [0.25, 0.3) is 0 Å². The van der Waals surface area contributed by atoms with Crippen LogP contribution in [0.2, 0.25) is 0 Å². The number of carbonyl (C=O) groups excluding carboxylic acids is 1. The molecule has 1 rings (SSSR count). The summed E-state index contributed by atoms with van der Waals surface area (Å²) in [6, 6.07) is -0.166. The fourth-order valence-electron chi connectivity index (χ4n) is 1.83. The average Bonchev–Trinajstić information content (AvgIpc) is 2.78. The van der Waals surface area contributed by atoms with Gasteiger partial charge in [-0.2, -0.15) is 4.31 Å². The summed E-state index contributed by atoms with van der Waals surface area (Å²) in [6.45, 7) is 0.760. The Bertz CT molecular complexity index is 374. The molecule has 1 amide bonds. The number of hydrogen-bond donors (Lipinski definition) is 1. The van der Waals surface area contributed by atoms with Gasteiger partial charge in [-0.25, -0.2) is 13.2 Å². The van der Waals surface area contributed by atoms with Crippen molar-refractivity contribution < 1.29 is 17.9 Å². The van der Waals surface area contributed by atoms with Crippen LogP contribution in [0.4, 0.5) is 4.79 Å². The molecule has 1 N–H and O–H groups in total. The first kappa shape index (κ1) is 15.5. The molecule has 1 heterocycles. The molecule has 1 saturated heterocycles. The van der Waals surface area contributed by atoms with Crippen LogP contribution in [0.1, 0.15) is 19.3 Å². The molecular weight excluding hydrogens is 280 g/mol. The average molecular weight is 299 g/mol. The molecule has 0 saturated carbocycles. The molecule has 1 fully saturated rings. The zero-order valence-electron chi connectivity index (χ0n) is 10.4. The van der Waals surface area contributed by atoms with Crippen molar-refractivity contribution in [2.24, 2.45) is 0 Å². The molecule has 18 heavy (non-hydrogen) atoms. The van der Waals surface area contributed by atoms with Gasteiger partial charge in [0, 0.05) is 25.0 Å². The predicted molar refractivity (Wildman–Crippen MR) is 69.3 cm³/mol. The van der Waals surface area contributed by atoms with Gasteiger partial charge < -0.3 is 10.1 Å². The highest BCUT2D eigenvalue weighted by molar-refractivity contribution is 7.89. The van der Waals surface area contributed by atoms with E-state index in [1.165, 1.54) is 11.4 Å². The van der Waals surface area contributed by atoms with E-state index in [-0.39, 0.29) is 11.8 Å². The van der Waals surface area contributed by atoms with Gasteiger partial charge >= 0.3 is 6.09 Å². The Morgan fingerprint density at radius 3 is 2.83 bits per heavy atom. The summed E-state index contributed by atoms with van der Waals surface area (Å²) in [6.07, 6.45) is 1.35. The van der Waals surface area contributed by atoms with Crippen molar-refractivity contribution in [1.29, 1.82) is 0 Å². The number of nitrogens with zero attached hydrogens (tertiary/aromatic N) is 1. The number of ether oxygens (including phenoxy) is 1. The highest BCUT2D eigenvalue weighted by Crippen LogP contribution is 2.15. The number of hydrogen-bond acceptors (Lipinski definition) is 4. The Kier molecular flexibility index (Phi) is 6.17. The minimum Gasteiger partial charge on any atom is -0.453 e. The van der Waals surface area contributed by atoms with Gasteiger partial charge in [-0.05, 0) is 19.3 Å². The molecule has 0 aromatic rings. The van der Waals surface area contributed by atoms with Crippen molar-refractivity contribution >= 4 is 27.7 Å². The summed E-state index contributed by atoms with van der Waals surface area (Å²) in [5, 5.41) is 2.61. The highest BCUT2D eigenvalue weighted by atomic mass is 35.5. The second kappa shape index (κ2) is 7.16. The maximum absolute atomic E-state index is 11.9. The van der Waals surface area contributed by atoms with Gasteiger partial charge in [0.05, 0.1) is 12.9 Å². The lowest BCUT2D eigenvalue weighted by atomic mass is 10.3. The van der Waals surface area contributed by atoms with Crippen molar-refractivity contribution in [3.8, 4) is 0 Å². The van der Waals surface area contributed by atoms with Crippen LogP contribution in [-0.4, -0.2) is 56.7 Å². The summed E-state index contributed by atoms with van der Waals surface area (Å²) in [7, 11) is -1.94. The molecular formula is C10H19ClN2O4S. The van der Waals surface area contributed by atoms with Gasteiger partial charge in [0.15, 0.2) is 0 Å². The largest absolute Gasteiger partial charge is 0.453 e. The molecule has 106 valence electrons. The van der Waals surface area contributed by atoms with Gasteiger partial charge in [0.1, 0.15) is 0 Å². The molecule has 0 bridgehead atoms. The lowest BCUT2D eigenvalue weighted by Crippen LogP contribution is -2.38. The number of unbranched alkanes of at least 4 members (excludes halogenated alkanes) is 1. The molecule has 1 aliphatic rings. The monoisotopic (exact) mass is 298 g/mol. The molecule has 1 aliphatic heterocycles. The zero-order valence-corrected chi connectivity index (χ0v) is 12.0. The van der Waals surface area contributed by atoms with E-state index in [1.807, 2.05) is 0 Å². The van der Waals surface area contributed by atoms with Crippen LogP contribution in [0.3, 0.4) is 0 Å². The maximum Gasteiger partial charge on any atom is 0.407 e. The number of nitrogens with one attached hydrogen (secondary N) is 1. The topological polar surface area (TPSA) is 75.7 Å². The molecule has 0 radical (unpaired) electrons. The summed E-state index contributed by atoms with van der Waals surface area (Å²) in [5.41, 5.74) is 0. The van der Waals surface area contributed by atoms with Crippen LogP contribution < -0.4 is 5.32 Å². The number of rotatable bonds is 6. The number of amides is 1. The quantitative estimate of drug-likeness (QED) is 0.580. The van der Waals surface area contributed by atoms with Gasteiger partial charge in [-0.1, -0.05) is 0 Å². The van der Waals surface area contributed by atoms with E-state index in [0.29, 0.717) is 38.2 Å². The lowest BCUT2D eigenvalue weighted by Gasteiger charge is -2.16. The Balaban J connectivity index is 2.42. The second-order valence-corrected chi connectivity index (χ2v) is 6.66.